The minimum absolute atomic E-state index is 0.0631. The number of rotatable bonds is 2. The number of benzene rings is 2. The molecule has 3 aromatic rings. The fourth-order valence-corrected chi connectivity index (χ4v) is 4.67. The second-order valence-electron chi connectivity index (χ2n) is 7.92. The summed E-state index contributed by atoms with van der Waals surface area (Å²) in [6, 6.07) is 20.5. The van der Waals surface area contributed by atoms with E-state index < -0.39 is 0 Å². The minimum Gasteiger partial charge on any atom is -0.371 e. The highest BCUT2D eigenvalue weighted by Gasteiger charge is 2.31. The Kier molecular flexibility index (Phi) is 4.80. The van der Waals surface area contributed by atoms with Crippen LogP contribution in [-0.2, 0) is 17.9 Å². The first-order valence-corrected chi connectivity index (χ1v) is 10.6. The van der Waals surface area contributed by atoms with Gasteiger partial charge >= 0.3 is 0 Å². The summed E-state index contributed by atoms with van der Waals surface area (Å²) in [4.78, 5) is 17.9. The molecule has 29 heavy (non-hydrogen) atoms. The van der Waals surface area contributed by atoms with Crippen LogP contribution in [0, 0.1) is 5.92 Å². The third-order valence-electron chi connectivity index (χ3n) is 6.17. The highest BCUT2D eigenvalue weighted by molar-refractivity contribution is 6.30. The number of anilines is 2. The third-order valence-corrected chi connectivity index (χ3v) is 6.42. The van der Waals surface area contributed by atoms with Gasteiger partial charge in [0, 0.05) is 53.8 Å². The molecule has 0 bridgehead atoms. The van der Waals surface area contributed by atoms with Crippen LogP contribution in [0.4, 0.5) is 11.4 Å². The summed E-state index contributed by atoms with van der Waals surface area (Å²) in [5.74, 6) is 0.316. The minimum atomic E-state index is 0.0631. The van der Waals surface area contributed by atoms with E-state index in [0.29, 0.717) is 6.54 Å². The molecule has 0 spiro atoms. The number of carbonyl (C=O) groups is 1. The number of piperidine rings is 1. The first kappa shape index (κ1) is 18.3. The highest BCUT2D eigenvalue weighted by atomic mass is 35.5. The molecule has 1 aromatic heterocycles. The van der Waals surface area contributed by atoms with Crippen LogP contribution in [0.15, 0.2) is 66.9 Å². The Morgan fingerprint density at radius 2 is 1.66 bits per heavy atom. The first-order valence-electron chi connectivity index (χ1n) is 10.2. The zero-order chi connectivity index (χ0) is 19.8. The van der Waals surface area contributed by atoms with Crippen LogP contribution >= 0.6 is 11.6 Å². The molecular formula is C24H24ClN3O. The van der Waals surface area contributed by atoms with Gasteiger partial charge in [0.05, 0.1) is 6.54 Å². The third kappa shape index (κ3) is 3.53. The quantitative estimate of drug-likeness (QED) is 0.603. The standard InChI is InChI=1S/C24H24ClN3O/c25-20-7-9-21(10-8-20)26-14-11-18(12-15-26)24(29)28-17-22-5-3-13-27(22)16-19-4-1-2-6-23(19)28/h1-10,13,18H,11-12,14-17H2. The predicted molar refractivity (Wildman–Crippen MR) is 118 cm³/mol. The smallest absolute Gasteiger partial charge is 0.230 e. The zero-order valence-corrected chi connectivity index (χ0v) is 17.1. The Bertz CT molecular complexity index is 1020. The zero-order valence-electron chi connectivity index (χ0n) is 16.3. The molecule has 1 amide bonds. The summed E-state index contributed by atoms with van der Waals surface area (Å²) in [7, 11) is 0. The lowest BCUT2D eigenvalue weighted by Crippen LogP contribution is -2.42. The average molecular weight is 406 g/mol. The molecule has 0 N–H and O–H groups in total. The van der Waals surface area contributed by atoms with E-state index in [0.717, 1.165) is 43.2 Å². The van der Waals surface area contributed by atoms with Gasteiger partial charge < -0.3 is 14.4 Å². The van der Waals surface area contributed by atoms with E-state index in [2.05, 4.69) is 58.1 Å². The molecule has 0 radical (unpaired) electrons. The van der Waals surface area contributed by atoms with Crippen molar-refractivity contribution < 1.29 is 4.79 Å². The largest absolute Gasteiger partial charge is 0.371 e. The topological polar surface area (TPSA) is 28.5 Å². The van der Waals surface area contributed by atoms with Gasteiger partial charge in [0.1, 0.15) is 0 Å². The van der Waals surface area contributed by atoms with Gasteiger partial charge in [-0.25, -0.2) is 0 Å². The Labute approximate surface area is 176 Å². The number of fused-ring (bicyclic) bond motifs is 2. The van der Waals surface area contributed by atoms with E-state index in [9.17, 15) is 4.79 Å². The van der Waals surface area contributed by atoms with E-state index in [4.69, 9.17) is 11.6 Å². The number of nitrogens with zero attached hydrogens (tertiary/aromatic N) is 3. The van der Waals surface area contributed by atoms with Crippen molar-refractivity contribution in [2.24, 2.45) is 5.92 Å². The molecule has 5 rings (SSSR count). The number of amides is 1. The van der Waals surface area contributed by atoms with E-state index >= 15 is 0 Å². The van der Waals surface area contributed by atoms with Crippen molar-refractivity contribution in [2.45, 2.75) is 25.9 Å². The van der Waals surface area contributed by atoms with Gasteiger partial charge in [-0.2, -0.15) is 0 Å². The SMILES string of the molecule is O=C(C1CCN(c2ccc(Cl)cc2)CC1)N1Cc2cccn2Cc2ccccc21. The number of aromatic nitrogens is 1. The number of hydrogen-bond acceptors (Lipinski definition) is 2. The van der Waals surface area contributed by atoms with Crippen LogP contribution < -0.4 is 9.80 Å². The molecule has 0 aliphatic carbocycles. The molecule has 1 fully saturated rings. The maximum absolute atomic E-state index is 13.6. The predicted octanol–water partition coefficient (Wildman–Crippen LogP) is 4.95. The maximum atomic E-state index is 13.6. The molecule has 4 nitrogen and oxygen atoms in total. The van der Waals surface area contributed by atoms with Crippen molar-refractivity contribution in [2.75, 3.05) is 22.9 Å². The van der Waals surface area contributed by atoms with Crippen molar-refractivity contribution in [3.63, 3.8) is 0 Å². The molecule has 148 valence electrons. The molecule has 0 unspecified atom stereocenters. The molecule has 2 aromatic carbocycles. The Morgan fingerprint density at radius 3 is 2.45 bits per heavy atom. The van der Waals surface area contributed by atoms with Crippen LogP contribution in [0.3, 0.4) is 0 Å². The highest BCUT2D eigenvalue weighted by Crippen LogP contribution is 2.32. The fraction of sp³-hybridized carbons (Fsp3) is 0.292. The Morgan fingerprint density at radius 1 is 0.897 bits per heavy atom. The summed E-state index contributed by atoms with van der Waals surface area (Å²) >= 11 is 6.01. The fourth-order valence-electron chi connectivity index (χ4n) is 4.54. The number of para-hydroxylation sites is 1. The number of halogens is 1. The van der Waals surface area contributed by atoms with E-state index in [1.54, 1.807) is 0 Å². The summed E-state index contributed by atoms with van der Waals surface area (Å²) < 4.78 is 2.25. The summed E-state index contributed by atoms with van der Waals surface area (Å²) in [5.41, 5.74) is 4.63. The van der Waals surface area contributed by atoms with Crippen LogP contribution in [0.5, 0.6) is 0 Å². The van der Waals surface area contributed by atoms with Crippen molar-refractivity contribution in [3.05, 3.63) is 83.1 Å². The average Bonchev–Trinajstić information content (AvgIpc) is 3.13. The van der Waals surface area contributed by atoms with Crippen molar-refractivity contribution in [1.82, 2.24) is 4.57 Å². The monoisotopic (exact) mass is 405 g/mol. The number of hydrogen-bond donors (Lipinski definition) is 0. The lowest BCUT2D eigenvalue weighted by atomic mass is 9.94. The van der Waals surface area contributed by atoms with Crippen LogP contribution in [0.25, 0.3) is 0 Å². The lowest BCUT2D eigenvalue weighted by molar-refractivity contribution is -0.123. The van der Waals surface area contributed by atoms with Crippen LogP contribution in [0.1, 0.15) is 24.1 Å². The van der Waals surface area contributed by atoms with Gasteiger partial charge in [-0.15, -0.1) is 0 Å². The van der Waals surface area contributed by atoms with Crippen molar-refractivity contribution in [3.8, 4) is 0 Å². The molecule has 0 saturated carbocycles. The van der Waals surface area contributed by atoms with Crippen LogP contribution in [-0.4, -0.2) is 23.6 Å². The molecule has 3 heterocycles. The van der Waals surface area contributed by atoms with Crippen molar-refractivity contribution >= 4 is 28.9 Å². The number of carbonyl (C=O) groups excluding carboxylic acids is 1. The molecular weight excluding hydrogens is 382 g/mol. The Hall–Kier alpha value is -2.72. The molecule has 0 atom stereocenters. The van der Waals surface area contributed by atoms with E-state index in [-0.39, 0.29) is 11.8 Å². The van der Waals surface area contributed by atoms with Gasteiger partial charge in [-0.3, -0.25) is 4.79 Å². The van der Waals surface area contributed by atoms with Gasteiger partial charge in [-0.05, 0) is 60.9 Å². The van der Waals surface area contributed by atoms with Crippen LogP contribution in [0.2, 0.25) is 5.02 Å². The molecule has 1 saturated heterocycles. The molecule has 2 aliphatic rings. The lowest BCUT2D eigenvalue weighted by Gasteiger charge is -2.35. The van der Waals surface area contributed by atoms with Gasteiger partial charge in [0.15, 0.2) is 0 Å². The molecule has 5 heteroatoms. The normalized spacial score (nSPS) is 16.9. The first-order chi connectivity index (χ1) is 14.2. The summed E-state index contributed by atoms with van der Waals surface area (Å²) in [5, 5.41) is 0.753. The summed E-state index contributed by atoms with van der Waals surface area (Å²) in [6.07, 6.45) is 3.85. The van der Waals surface area contributed by atoms with E-state index in [1.807, 2.05) is 23.1 Å². The second kappa shape index (κ2) is 7.60. The van der Waals surface area contributed by atoms with Gasteiger partial charge in [0.2, 0.25) is 5.91 Å². The van der Waals surface area contributed by atoms with Crippen molar-refractivity contribution in [1.29, 1.82) is 0 Å². The van der Waals surface area contributed by atoms with Gasteiger partial charge in [-0.1, -0.05) is 29.8 Å². The second-order valence-corrected chi connectivity index (χ2v) is 8.35. The summed E-state index contributed by atoms with van der Waals surface area (Å²) in [6.45, 7) is 3.24. The maximum Gasteiger partial charge on any atom is 0.230 e. The van der Waals surface area contributed by atoms with Gasteiger partial charge in [0.25, 0.3) is 0 Å². The van der Waals surface area contributed by atoms with E-state index in [1.165, 1.54) is 16.9 Å². The molecule has 2 aliphatic heterocycles. The Balaban J connectivity index is 1.35.